The van der Waals surface area contributed by atoms with Crippen molar-refractivity contribution in [3.8, 4) is 11.1 Å². The van der Waals surface area contributed by atoms with Crippen LogP contribution in [0.3, 0.4) is 0 Å². The standard InChI is InChI=1S/C24H27N3S/c1-24(2)9-7-18(8-10-24)25-13-16-3-5-19-20(14-28-23(19)11-16)17-4-6-21-22(12-17)27-15-26-21/h3-6,11-12,14-15,18,25H,7-10,13H2,1-2H3,(H,26,27). The molecule has 0 amide bonds. The zero-order valence-corrected chi connectivity index (χ0v) is 17.4. The quantitative estimate of drug-likeness (QED) is 0.418. The number of hydrogen-bond donors (Lipinski definition) is 2. The van der Waals surface area contributed by atoms with E-state index in [0.29, 0.717) is 11.5 Å². The van der Waals surface area contributed by atoms with Crippen molar-refractivity contribution in [2.24, 2.45) is 5.41 Å². The molecule has 2 N–H and O–H groups in total. The number of fused-ring (bicyclic) bond motifs is 2. The van der Waals surface area contributed by atoms with Crippen LogP contribution >= 0.6 is 11.3 Å². The number of benzene rings is 2. The molecular weight excluding hydrogens is 362 g/mol. The van der Waals surface area contributed by atoms with E-state index in [-0.39, 0.29) is 0 Å². The molecule has 4 heteroatoms. The van der Waals surface area contributed by atoms with Crippen LogP contribution in [0.2, 0.25) is 0 Å². The minimum atomic E-state index is 0.531. The van der Waals surface area contributed by atoms with Crippen LogP contribution in [0.25, 0.3) is 32.2 Å². The van der Waals surface area contributed by atoms with E-state index in [0.717, 1.165) is 17.6 Å². The third kappa shape index (κ3) is 3.47. The lowest BCUT2D eigenvalue weighted by Gasteiger charge is -2.34. The first-order valence-electron chi connectivity index (χ1n) is 10.2. The number of thiophene rings is 1. The van der Waals surface area contributed by atoms with Gasteiger partial charge in [-0.25, -0.2) is 4.98 Å². The van der Waals surface area contributed by atoms with Gasteiger partial charge in [-0.05, 0) is 65.8 Å². The lowest BCUT2D eigenvalue weighted by Crippen LogP contribution is -2.35. The van der Waals surface area contributed by atoms with Gasteiger partial charge in [0.25, 0.3) is 0 Å². The molecule has 2 aromatic heterocycles. The summed E-state index contributed by atoms with van der Waals surface area (Å²) >= 11 is 1.84. The number of aromatic nitrogens is 2. The van der Waals surface area contributed by atoms with E-state index in [1.165, 1.54) is 52.5 Å². The highest BCUT2D eigenvalue weighted by Gasteiger charge is 2.26. The van der Waals surface area contributed by atoms with Gasteiger partial charge in [-0.15, -0.1) is 11.3 Å². The van der Waals surface area contributed by atoms with Crippen molar-refractivity contribution in [3.63, 3.8) is 0 Å². The summed E-state index contributed by atoms with van der Waals surface area (Å²) in [5.74, 6) is 0. The Morgan fingerprint density at radius 3 is 2.86 bits per heavy atom. The topological polar surface area (TPSA) is 40.7 Å². The first-order valence-corrected chi connectivity index (χ1v) is 11.1. The zero-order valence-electron chi connectivity index (χ0n) is 16.6. The smallest absolute Gasteiger partial charge is 0.0931 e. The van der Waals surface area contributed by atoms with Gasteiger partial charge in [0.2, 0.25) is 0 Å². The Morgan fingerprint density at radius 2 is 2.00 bits per heavy atom. The van der Waals surface area contributed by atoms with Crippen LogP contribution in [0.15, 0.2) is 48.1 Å². The summed E-state index contributed by atoms with van der Waals surface area (Å²) in [4.78, 5) is 7.54. The van der Waals surface area contributed by atoms with Crippen molar-refractivity contribution >= 4 is 32.5 Å². The predicted octanol–water partition coefficient (Wildman–Crippen LogP) is 6.50. The highest BCUT2D eigenvalue weighted by Crippen LogP contribution is 2.36. The van der Waals surface area contributed by atoms with E-state index in [1.807, 2.05) is 11.3 Å². The maximum Gasteiger partial charge on any atom is 0.0931 e. The summed E-state index contributed by atoms with van der Waals surface area (Å²) in [6, 6.07) is 14.1. The third-order valence-electron chi connectivity index (χ3n) is 6.31. The fourth-order valence-electron chi connectivity index (χ4n) is 4.37. The van der Waals surface area contributed by atoms with E-state index in [1.54, 1.807) is 6.33 Å². The summed E-state index contributed by atoms with van der Waals surface area (Å²) < 4.78 is 1.36. The predicted molar refractivity (Wildman–Crippen MR) is 120 cm³/mol. The third-order valence-corrected chi connectivity index (χ3v) is 7.25. The molecular formula is C24H27N3S. The maximum absolute atomic E-state index is 4.32. The summed E-state index contributed by atoms with van der Waals surface area (Å²) in [6.07, 6.45) is 7.02. The van der Waals surface area contributed by atoms with Crippen LogP contribution in [0.5, 0.6) is 0 Å². The van der Waals surface area contributed by atoms with Crippen molar-refractivity contribution < 1.29 is 0 Å². The van der Waals surface area contributed by atoms with Gasteiger partial charge in [0.1, 0.15) is 0 Å². The zero-order chi connectivity index (χ0) is 19.1. The Hall–Kier alpha value is -2.17. The lowest BCUT2D eigenvalue weighted by atomic mass is 9.75. The molecule has 0 atom stereocenters. The second-order valence-corrected chi connectivity index (χ2v) is 9.84. The average Bonchev–Trinajstić information content (AvgIpc) is 3.33. The van der Waals surface area contributed by atoms with Gasteiger partial charge in [-0.2, -0.15) is 0 Å². The molecule has 2 aromatic carbocycles. The van der Waals surface area contributed by atoms with Gasteiger partial charge in [0.15, 0.2) is 0 Å². The molecule has 0 aliphatic heterocycles. The number of nitrogens with one attached hydrogen (secondary N) is 2. The van der Waals surface area contributed by atoms with E-state index >= 15 is 0 Å². The Balaban J connectivity index is 1.33. The van der Waals surface area contributed by atoms with Crippen LogP contribution in [-0.4, -0.2) is 16.0 Å². The molecule has 144 valence electrons. The summed E-state index contributed by atoms with van der Waals surface area (Å²) in [5, 5.41) is 7.41. The minimum Gasteiger partial charge on any atom is -0.345 e. The van der Waals surface area contributed by atoms with Crippen molar-refractivity contribution in [2.75, 3.05) is 0 Å². The van der Waals surface area contributed by atoms with E-state index in [4.69, 9.17) is 0 Å². The molecule has 28 heavy (non-hydrogen) atoms. The second-order valence-electron chi connectivity index (χ2n) is 8.93. The molecule has 4 aromatic rings. The normalized spacial score (nSPS) is 17.5. The van der Waals surface area contributed by atoms with E-state index in [9.17, 15) is 0 Å². The SMILES string of the molecule is CC1(C)CCC(NCc2ccc3c(-c4ccc5nc[nH]c5c4)csc3c2)CC1. The van der Waals surface area contributed by atoms with Crippen LogP contribution in [0.4, 0.5) is 0 Å². The van der Waals surface area contributed by atoms with Gasteiger partial charge in [-0.1, -0.05) is 32.0 Å². The molecule has 2 heterocycles. The molecule has 1 aliphatic rings. The largest absolute Gasteiger partial charge is 0.345 e. The number of hydrogen-bond acceptors (Lipinski definition) is 3. The van der Waals surface area contributed by atoms with Crippen molar-refractivity contribution in [2.45, 2.75) is 52.1 Å². The molecule has 1 fully saturated rings. The Kier molecular flexibility index (Phi) is 4.48. The van der Waals surface area contributed by atoms with Crippen molar-refractivity contribution in [1.29, 1.82) is 0 Å². The first kappa shape index (κ1) is 17.9. The molecule has 0 unspecified atom stereocenters. The fraction of sp³-hybridized carbons (Fsp3) is 0.375. The van der Waals surface area contributed by atoms with Crippen molar-refractivity contribution in [3.05, 3.63) is 53.7 Å². The Morgan fingerprint density at radius 1 is 1.14 bits per heavy atom. The number of nitrogens with zero attached hydrogens (tertiary/aromatic N) is 1. The summed E-state index contributed by atoms with van der Waals surface area (Å²) in [5.41, 5.74) is 6.58. The van der Waals surface area contributed by atoms with Gasteiger partial charge >= 0.3 is 0 Å². The van der Waals surface area contributed by atoms with Gasteiger partial charge in [0.05, 0.1) is 17.4 Å². The molecule has 0 spiro atoms. The fourth-order valence-corrected chi connectivity index (χ4v) is 5.41. The van der Waals surface area contributed by atoms with E-state index < -0.39 is 0 Å². The molecule has 1 aliphatic carbocycles. The number of imidazole rings is 1. The van der Waals surface area contributed by atoms with Crippen LogP contribution in [0, 0.1) is 5.41 Å². The molecule has 0 bridgehead atoms. The summed E-state index contributed by atoms with van der Waals surface area (Å²) in [6.45, 7) is 5.76. The van der Waals surface area contributed by atoms with Crippen LogP contribution < -0.4 is 5.32 Å². The Labute approximate surface area is 170 Å². The highest BCUT2D eigenvalue weighted by molar-refractivity contribution is 7.17. The summed E-state index contributed by atoms with van der Waals surface area (Å²) in [7, 11) is 0. The number of aromatic amines is 1. The average molecular weight is 390 g/mol. The monoisotopic (exact) mass is 389 g/mol. The minimum absolute atomic E-state index is 0.531. The first-order chi connectivity index (χ1) is 13.6. The lowest BCUT2D eigenvalue weighted by molar-refractivity contribution is 0.206. The second kappa shape index (κ2) is 7.02. The molecule has 0 radical (unpaired) electrons. The number of rotatable bonds is 4. The van der Waals surface area contributed by atoms with Gasteiger partial charge < -0.3 is 10.3 Å². The van der Waals surface area contributed by atoms with Crippen LogP contribution in [-0.2, 0) is 6.54 Å². The maximum atomic E-state index is 4.32. The van der Waals surface area contributed by atoms with Gasteiger partial charge in [-0.3, -0.25) is 0 Å². The molecule has 5 rings (SSSR count). The molecule has 0 saturated heterocycles. The van der Waals surface area contributed by atoms with Crippen LogP contribution in [0.1, 0.15) is 45.1 Å². The number of H-pyrrole nitrogens is 1. The molecule has 3 nitrogen and oxygen atoms in total. The Bertz CT molecular complexity index is 1110. The highest BCUT2D eigenvalue weighted by atomic mass is 32.1. The molecule has 1 saturated carbocycles. The van der Waals surface area contributed by atoms with E-state index in [2.05, 4.69) is 70.9 Å². The van der Waals surface area contributed by atoms with Gasteiger partial charge in [0, 0.05) is 28.2 Å². The van der Waals surface area contributed by atoms with Crippen molar-refractivity contribution in [1.82, 2.24) is 15.3 Å².